The normalized spacial score (nSPS) is 11.5. The summed E-state index contributed by atoms with van der Waals surface area (Å²) in [5.41, 5.74) is 1.74. The van der Waals surface area contributed by atoms with Crippen molar-refractivity contribution in [2.75, 3.05) is 20.3 Å². The van der Waals surface area contributed by atoms with E-state index in [9.17, 15) is 0 Å². The van der Waals surface area contributed by atoms with Gasteiger partial charge in [0.15, 0.2) is 11.5 Å². The van der Waals surface area contributed by atoms with Gasteiger partial charge >= 0.3 is 0 Å². The lowest BCUT2D eigenvalue weighted by atomic mass is 10.1. The van der Waals surface area contributed by atoms with Gasteiger partial charge in [-0.1, -0.05) is 17.7 Å². The third-order valence-corrected chi connectivity index (χ3v) is 2.48. The van der Waals surface area contributed by atoms with Crippen molar-refractivity contribution < 1.29 is 14.6 Å². The summed E-state index contributed by atoms with van der Waals surface area (Å²) in [7, 11) is 1.55. The number of hydrogen-bond donors (Lipinski definition) is 1. The monoisotopic (exact) mass is 256 g/mol. The van der Waals surface area contributed by atoms with Crippen LogP contribution in [0.25, 0.3) is 6.08 Å². The lowest BCUT2D eigenvalue weighted by Gasteiger charge is -2.12. The van der Waals surface area contributed by atoms with E-state index >= 15 is 0 Å². The molecule has 17 heavy (non-hydrogen) atoms. The Bertz CT molecular complexity index is 413. The van der Waals surface area contributed by atoms with Crippen LogP contribution >= 0.6 is 11.6 Å². The summed E-state index contributed by atoms with van der Waals surface area (Å²) in [4.78, 5) is 0. The van der Waals surface area contributed by atoms with Gasteiger partial charge in [-0.05, 0) is 37.1 Å². The molecule has 0 heterocycles. The van der Waals surface area contributed by atoms with Crippen molar-refractivity contribution in [2.45, 2.75) is 13.8 Å². The molecule has 1 N–H and O–H groups in total. The number of methoxy groups -OCH3 is 1. The molecule has 1 aromatic carbocycles. The average molecular weight is 257 g/mol. The van der Waals surface area contributed by atoms with Crippen LogP contribution in [0, 0.1) is 0 Å². The SMILES string of the molecule is CCOc1cc(C=C(C)CO)cc(Cl)c1OC. The van der Waals surface area contributed by atoms with Crippen LogP contribution in [-0.4, -0.2) is 25.4 Å². The van der Waals surface area contributed by atoms with Gasteiger partial charge in [0.05, 0.1) is 25.3 Å². The molecule has 3 nitrogen and oxygen atoms in total. The van der Waals surface area contributed by atoms with Gasteiger partial charge in [-0.3, -0.25) is 0 Å². The molecule has 0 atom stereocenters. The maximum Gasteiger partial charge on any atom is 0.179 e. The number of hydrogen-bond acceptors (Lipinski definition) is 3. The second-order valence-corrected chi connectivity index (χ2v) is 4.02. The first kappa shape index (κ1) is 13.9. The minimum atomic E-state index is 0.0214. The molecule has 0 saturated carbocycles. The van der Waals surface area contributed by atoms with Crippen LogP contribution in [-0.2, 0) is 0 Å². The summed E-state index contributed by atoms with van der Waals surface area (Å²) in [6.07, 6.45) is 1.86. The van der Waals surface area contributed by atoms with Crippen LogP contribution < -0.4 is 9.47 Å². The average Bonchev–Trinajstić information content (AvgIpc) is 2.29. The summed E-state index contributed by atoms with van der Waals surface area (Å²) >= 11 is 6.10. The Morgan fingerprint density at radius 3 is 2.71 bits per heavy atom. The first-order valence-corrected chi connectivity index (χ1v) is 5.78. The molecule has 0 aliphatic rings. The van der Waals surface area contributed by atoms with Crippen molar-refractivity contribution in [1.29, 1.82) is 0 Å². The fourth-order valence-corrected chi connectivity index (χ4v) is 1.76. The minimum absolute atomic E-state index is 0.0214. The zero-order valence-electron chi connectivity index (χ0n) is 10.3. The van der Waals surface area contributed by atoms with Crippen LogP contribution in [0.1, 0.15) is 19.4 Å². The Kier molecular flexibility index (Phi) is 5.32. The summed E-state index contributed by atoms with van der Waals surface area (Å²) in [6, 6.07) is 3.62. The molecular weight excluding hydrogens is 240 g/mol. The maximum atomic E-state index is 8.98. The first-order valence-electron chi connectivity index (χ1n) is 5.40. The van der Waals surface area contributed by atoms with Gasteiger partial charge in [-0.25, -0.2) is 0 Å². The van der Waals surface area contributed by atoms with Crippen LogP contribution in [0.3, 0.4) is 0 Å². The smallest absolute Gasteiger partial charge is 0.179 e. The quantitative estimate of drug-likeness (QED) is 0.880. The molecule has 1 aromatic rings. The Balaban J connectivity index is 3.19. The molecule has 0 aliphatic carbocycles. The zero-order chi connectivity index (χ0) is 12.8. The molecule has 0 fully saturated rings. The highest BCUT2D eigenvalue weighted by atomic mass is 35.5. The van der Waals surface area contributed by atoms with Crippen LogP contribution in [0.15, 0.2) is 17.7 Å². The van der Waals surface area contributed by atoms with Crippen molar-refractivity contribution in [3.8, 4) is 11.5 Å². The predicted octanol–water partition coefficient (Wildman–Crippen LogP) is 3.14. The second-order valence-electron chi connectivity index (χ2n) is 3.62. The molecule has 0 aliphatic heterocycles. The molecule has 1 rings (SSSR count). The molecular formula is C13H17ClO3. The second kappa shape index (κ2) is 6.52. The molecule has 0 spiro atoms. The van der Waals surface area contributed by atoms with Gasteiger partial charge < -0.3 is 14.6 Å². The van der Waals surface area contributed by atoms with E-state index in [1.165, 1.54) is 0 Å². The van der Waals surface area contributed by atoms with Gasteiger partial charge in [0.2, 0.25) is 0 Å². The molecule has 0 unspecified atom stereocenters. The Morgan fingerprint density at radius 2 is 2.18 bits per heavy atom. The van der Waals surface area contributed by atoms with Crippen molar-refractivity contribution in [2.24, 2.45) is 0 Å². The largest absolute Gasteiger partial charge is 0.491 e. The molecule has 4 heteroatoms. The van der Waals surface area contributed by atoms with Crippen LogP contribution in [0.2, 0.25) is 5.02 Å². The van der Waals surface area contributed by atoms with Crippen molar-refractivity contribution in [3.05, 3.63) is 28.3 Å². The molecule has 0 radical (unpaired) electrons. The molecule has 94 valence electrons. The number of aliphatic hydroxyl groups is 1. The number of ether oxygens (including phenoxy) is 2. The van der Waals surface area contributed by atoms with Gasteiger partial charge in [0.25, 0.3) is 0 Å². The minimum Gasteiger partial charge on any atom is -0.491 e. The van der Waals surface area contributed by atoms with Gasteiger partial charge in [0, 0.05) is 0 Å². The summed E-state index contributed by atoms with van der Waals surface area (Å²) in [5, 5.41) is 9.48. The molecule has 0 saturated heterocycles. The zero-order valence-corrected chi connectivity index (χ0v) is 11.0. The standard InChI is InChI=1S/C13H17ClO3/c1-4-17-12-7-10(5-9(2)8-15)6-11(14)13(12)16-3/h5-7,15H,4,8H2,1-3H3. The highest BCUT2D eigenvalue weighted by Gasteiger charge is 2.10. The summed E-state index contributed by atoms with van der Waals surface area (Å²) in [6.45, 7) is 4.31. The van der Waals surface area contributed by atoms with E-state index in [4.69, 9.17) is 26.2 Å². The van der Waals surface area contributed by atoms with Crippen LogP contribution in [0.5, 0.6) is 11.5 Å². The highest BCUT2D eigenvalue weighted by Crippen LogP contribution is 2.36. The molecule has 0 bridgehead atoms. The number of halogens is 1. The Morgan fingerprint density at radius 1 is 1.47 bits per heavy atom. The van der Waals surface area contributed by atoms with Gasteiger partial charge in [-0.2, -0.15) is 0 Å². The van der Waals surface area contributed by atoms with E-state index in [1.807, 2.05) is 26.0 Å². The third-order valence-electron chi connectivity index (χ3n) is 2.20. The Labute approximate surface area is 107 Å². The van der Waals surface area contributed by atoms with E-state index in [0.29, 0.717) is 23.1 Å². The fraction of sp³-hybridized carbons (Fsp3) is 0.385. The third kappa shape index (κ3) is 3.65. The van der Waals surface area contributed by atoms with Crippen molar-refractivity contribution in [1.82, 2.24) is 0 Å². The van der Waals surface area contributed by atoms with E-state index in [-0.39, 0.29) is 6.61 Å². The summed E-state index contributed by atoms with van der Waals surface area (Å²) in [5.74, 6) is 1.15. The number of benzene rings is 1. The van der Waals surface area contributed by atoms with Gasteiger partial charge in [-0.15, -0.1) is 0 Å². The van der Waals surface area contributed by atoms with Crippen LogP contribution in [0.4, 0.5) is 0 Å². The lowest BCUT2D eigenvalue weighted by Crippen LogP contribution is -1.96. The maximum absolute atomic E-state index is 8.98. The topological polar surface area (TPSA) is 38.7 Å². The highest BCUT2D eigenvalue weighted by molar-refractivity contribution is 6.32. The number of rotatable bonds is 5. The van der Waals surface area contributed by atoms with Crippen molar-refractivity contribution in [3.63, 3.8) is 0 Å². The number of aliphatic hydroxyl groups excluding tert-OH is 1. The lowest BCUT2D eigenvalue weighted by molar-refractivity contribution is 0.311. The molecule has 0 amide bonds. The Hall–Kier alpha value is -1.19. The first-order chi connectivity index (χ1) is 8.12. The van der Waals surface area contributed by atoms with Crippen molar-refractivity contribution >= 4 is 17.7 Å². The molecule has 0 aromatic heterocycles. The van der Waals surface area contributed by atoms with E-state index in [0.717, 1.165) is 11.1 Å². The van der Waals surface area contributed by atoms with Gasteiger partial charge in [0.1, 0.15) is 0 Å². The van der Waals surface area contributed by atoms with E-state index < -0.39 is 0 Å². The predicted molar refractivity (Wildman–Crippen MR) is 69.9 cm³/mol. The van der Waals surface area contributed by atoms with E-state index in [2.05, 4.69) is 0 Å². The summed E-state index contributed by atoms with van der Waals surface area (Å²) < 4.78 is 10.7. The van der Waals surface area contributed by atoms with E-state index in [1.54, 1.807) is 13.2 Å². The fourth-order valence-electron chi connectivity index (χ4n) is 1.46.